The Morgan fingerprint density at radius 2 is 1.11 bits per heavy atom. The molecule has 0 aliphatic heterocycles. The molecule has 0 saturated carbocycles. The second-order valence-electron chi connectivity index (χ2n) is 5.53. The van der Waals surface area contributed by atoms with Crippen LogP contribution in [-0.4, -0.2) is 89.7 Å². The minimum absolute atomic E-state index is 0.0678. The van der Waals surface area contributed by atoms with E-state index in [4.69, 9.17) is 40.0 Å². The summed E-state index contributed by atoms with van der Waals surface area (Å²) in [7, 11) is 0. The largest absolute Gasteiger partial charge is 0.481 e. The first-order valence-electron chi connectivity index (χ1n) is 9.36. The number of esters is 1. The Bertz CT molecular complexity index is 420. The average molecular weight is 404 g/mol. The van der Waals surface area contributed by atoms with Crippen LogP contribution < -0.4 is 0 Å². The fourth-order valence-electron chi connectivity index (χ4n) is 1.84. The molecule has 0 aromatic rings. The third-order valence-electron chi connectivity index (χ3n) is 3.19. The van der Waals surface area contributed by atoms with Gasteiger partial charge in [-0.2, -0.15) is 0 Å². The Labute approximate surface area is 166 Å². The summed E-state index contributed by atoms with van der Waals surface area (Å²) >= 11 is 0. The summed E-state index contributed by atoms with van der Waals surface area (Å²) in [5.41, 5.74) is 0. The Balaban J connectivity index is 3.13. The minimum atomic E-state index is -0.858. The van der Waals surface area contributed by atoms with E-state index in [2.05, 4.69) is 5.92 Å². The van der Waals surface area contributed by atoms with Gasteiger partial charge >= 0.3 is 11.9 Å². The van der Waals surface area contributed by atoms with E-state index < -0.39 is 5.97 Å². The molecule has 0 amide bonds. The Morgan fingerprint density at radius 1 is 0.679 bits per heavy atom. The van der Waals surface area contributed by atoms with Gasteiger partial charge in [0.15, 0.2) is 0 Å². The van der Waals surface area contributed by atoms with Gasteiger partial charge in [-0.1, -0.05) is 5.92 Å². The van der Waals surface area contributed by atoms with Crippen LogP contribution >= 0.6 is 0 Å². The fraction of sp³-hybridized carbons (Fsp3) is 0.789. The lowest BCUT2D eigenvalue weighted by Gasteiger charge is -2.08. The molecule has 162 valence electrons. The maximum atomic E-state index is 11.4. The molecular formula is C19H32O9. The van der Waals surface area contributed by atoms with Gasteiger partial charge in [-0.3, -0.25) is 9.59 Å². The van der Waals surface area contributed by atoms with Gasteiger partial charge in [0.05, 0.1) is 59.5 Å². The first-order valence-corrected chi connectivity index (χ1v) is 9.36. The van der Waals surface area contributed by atoms with Gasteiger partial charge < -0.3 is 33.5 Å². The Kier molecular flexibility index (Phi) is 20.3. The van der Waals surface area contributed by atoms with Crippen molar-refractivity contribution < 1.29 is 43.1 Å². The van der Waals surface area contributed by atoms with E-state index in [1.54, 1.807) is 0 Å². The molecule has 1 N–H and O–H groups in total. The number of hydrogen-bond acceptors (Lipinski definition) is 8. The van der Waals surface area contributed by atoms with Crippen molar-refractivity contribution in [2.24, 2.45) is 0 Å². The fourth-order valence-corrected chi connectivity index (χ4v) is 1.84. The van der Waals surface area contributed by atoms with E-state index in [9.17, 15) is 9.59 Å². The molecule has 28 heavy (non-hydrogen) atoms. The molecule has 0 aliphatic carbocycles. The highest BCUT2D eigenvalue weighted by molar-refractivity contribution is 5.69. The molecule has 0 atom stereocenters. The Hall–Kier alpha value is -1.70. The van der Waals surface area contributed by atoms with E-state index in [0.717, 1.165) is 0 Å². The topological polar surface area (TPSA) is 110 Å². The lowest BCUT2D eigenvalue weighted by Crippen LogP contribution is -2.15. The summed E-state index contributed by atoms with van der Waals surface area (Å²) < 4.78 is 31.2. The molecule has 0 aliphatic rings. The number of aliphatic carboxylic acids is 1. The first kappa shape index (κ1) is 26.3. The van der Waals surface area contributed by atoms with E-state index >= 15 is 0 Å². The average Bonchev–Trinajstić information content (AvgIpc) is 2.67. The molecule has 0 saturated heterocycles. The third kappa shape index (κ3) is 22.3. The van der Waals surface area contributed by atoms with Gasteiger partial charge in [0, 0.05) is 12.8 Å². The van der Waals surface area contributed by atoms with Gasteiger partial charge in [0.1, 0.15) is 13.2 Å². The number of carbonyl (C=O) groups is 2. The Morgan fingerprint density at radius 3 is 1.57 bits per heavy atom. The van der Waals surface area contributed by atoms with Crippen LogP contribution in [0.1, 0.15) is 25.7 Å². The SMILES string of the molecule is C#CCOCCOCCOCCOCCOCCOC(=O)CCCCC(=O)O. The van der Waals surface area contributed by atoms with E-state index in [-0.39, 0.29) is 25.4 Å². The van der Waals surface area contributed by atoms with Crippen molar-refractivity contribution in [1.29, 1.82) is 0 Å². The van der Waals surface area contributed by atoms with Crippen LogP contribution in [0.4, 0.5) is 0 Å². The molecule has 9 heteroatoms. The number of rotatable bonds is 21. The summed E-state index contributed by atoms with van der Waals surface area (Å²) in [6.45, 7) is 4.44. The normalized spacial score (nSPS) is 10.5. The summed E-state index contributed by atoms with van der Waals surface area (Å²) in [5, 5.41) is 8.48. The zero-order valence-electron chi connectivity index (χ0n) is 16.4. The van der Waals surface area contributed by atoms with Gasteiger partial charge in [0.2, 0.25) is 0 Å². The van der Waals surface area contributed by atoms with Crippen molar-refractivity contribution in [2.45, 2.75) is 25.7 Å². The third-order valence-corrected chi connectivity index (χ3v) is 3.19. The first-order chi connectivity index (χ1) is 13.7. The van der Waals surface area contributed by atoms with Crippen molar-refractivity contribution in [3.63, 3.8) is 0 Å². The number of carboxylic acids is 1. The minimum Gasteiger partial charge on any atom is -0.481 e. The van der Waals surface area contributed by atoms with Gasteiger partial charge in [-0.15, -0.1) is 6.42 Å². The zero-order valence-corrected chi connectivity index (χ0v) is 16.4. The molecule has 0 rings (SSSR count). The summed E-state index contributed by atoms with van der Waals surface area (Å²) in [6.07, 6.45) is 6.31. The smallest absolute Gasteiger partial charge is 0.305 e. The van der Waals surface area contributed by atoms with Crippen molar-refractivity contribution in [1.82, 2.24) is 0 Å². The molecule has 0 heterocycles. The summed E-state index contributed by atoms with van der Waals surface area (Å²) in [5.74, 6) is 1.17. The van der Waals surface area contributed by atoms with E-state index in [1.807, 2.05) is 0 Å². The zero-order chi connectivity index (χ0) is 20.7. The number of carbonyl (C=O) groups excluding carboxylic acids is 1. The van der Waals surface area contributed by atoms with E-state index in [0.29, 0.717) is 78.9 Å². The highest BCUT2D eigenvalue weighted by atomic mass is 16.6. The molecule has 0 aromatic carbocycles. The molecule has 0 fully saturated rings. The number of ether oxygens (including phenoxy) is 6. The van der Waals surface area contributed by atoms with Crippen LogP contribution in [0.5, 0.6) is 0 Å². The lowest BCUT2D eigenvalue weighted by molar-refractivity contribution is -0.146. The van der Waals surface area contributed by atoms with Crippen LogP contribution in [0.15, 0.2) is 0 Å². The second kappa shape index (κ2) is 21.6. The molecule has 9 nitrogen and oxygen atoms in total. The highest BCUT2D eigenvalue weighted by Gasteiger charge is 2.04. The molecule has 0 unspecified atom stereocenters. The number of unbranched alkanes of at least 4 members (excludes halogenated alkanes) is 1. The van der Waals surface area contributed by atoms with Crippen molar-refractivity contribution >= 4 is 11.9 Å². The van der Waals surface area contributed by atoms with Gasteiger partial charge in [-0.25, -0.2) is 0 Å². The standard InChI is InChI=1S/C19H32O9/c1-2-7-23-8-9-24-10-11-25-12-13-26-14-15-27-16-17-28-19(22)6-4-3-5-18(20)21/h1H,3-17H2,(H,20,21). The molecule has 0 spiro atoms. The van der Waals surface area contributed by atoms with Crippen molar-refractivity contribution in [3.8, 4) is 12.3 Å². The second-order valence-corrected chi connectivity index (χ2v) is 5.53. The maximum Gasteiger partial charge on any atom is 0.305 e. The molecular weight excluding hydrogens is 372 g/mol. The molecule has 0 aromatic heterocycles. The predicted octanol–water partition coefficient (Wildman–Crippen LogP) is 0.891. The maximum absolute atomic E-state index is 11.4. The molecule has 0 bridgehead atoms. The van der Waals surface area contributed by atoms with Crippen LogP contribution in [0.2, 0.25) is 0 Å². The van der Waals surface area contributed by atoms with E-state index in [1.165, 1.54) is 0 Å². The monoisotopic (exact) mass is 404 g/mol. The van der Waals surface area contributed by atoms with Crippen LogP contribution in [-0.2, 0) is 38.0 Å². The van der Waals surface area contributed by atoms with Crippen molar-refractivity contribution in [2.75, 3.05) is 72.7 Å². The predicted molar refractivity (Wildman–Crippen MR) is 100.0 cm³/mol. The number of hydrogen-bond donors (Lipinski definition) is 1. The summed E-state index contributed by atoms with van der Waals surface area (Å²) in [4.78, 5) is 21.7. The van der Waals surface area contributed by atoms with Gasteiger partial charge in [-0.05, 0) is 12.8 Å². The van der Waals surface area contributed by atoms with Crippen LogP contribution in [0.25, 0.3) is 0 Å². The van der Waals surface area contributed by atoms with Crippen LogP contribution in [0, 0.1) is 12.3 Å². The number of carboxylic acid groups (broad SMARTS) is 1. The number of terminal acetylenes is 1. The van der Waals surface area contributed by atoms with Crippen molar-refractivity contribution in [3.05, 3.63) is 0 Å². The van der Waals surface area contributed by atoms with Gasteiger partial charge in [0.25, 0.3) is 0 Å². The quantitative estimate of drug-likeness (QED) is 0.169. The summed E-state index contributed by atoms with van der Waals surface area (Å²) in [6, 6.07) is 0. The lowest BCUT2D eigenvalue weighted by atomic mass is 10.2. The van der Waals surface area contributed by atoms with Crippen LogP contribution in [0.3, 0.4) is 0 Å². The molecule has 0 radical (unpaired) electrons. The highest BCUT2D eigenvalue weighted by Crippen LogP contribution is 2.01.